The maximum atomic E-state index is 10.2. The Morgan fingerprint density at radius 2 is 1.71 bits per heavy atom. The summed E-state index contributed by atoms with van der Waals surface area (Å²) in [6, 6.07) is 10.6. The molecule has 0 spiro atoms. The van der Waals surface area contributed by atoms with E-state index in [0.29, 0.717) is 5.92 Å². The quantitative estimate of drug-likeness (QED) is 0.736. The van der Waals surface area contributed by atoms with E-state index < -0.39 is 5.60 Å². The normalized spacial score (nSPS) is 13.6. The van der Waals surface area contributed by atoms with Crippen LogP contribution in [0.25, 0.3) is 0 Å². The molecule has 0 aliphatic carbocycles. The lowest BCUT2D eigenvalue weighted by molar-refractivity contribution is 0.0209. The van der Waals surface area contributed by atoms with Gasteiger partial charge in [-0.25, -0.2) is 0 Å². The van der Waals surface area contributed by atoms with Gasteiger partial charge >= 0.3 is 0 Å². The minimum Gasteiger partial charge on any atom is -0.390 e. The molecule has 0 aliphatic heterocycles. The fourth-order valence-corrected chi connectivity index (χ4v) is 2.29. The van der Waals surface area contributed by atoms with Gasteiger partial charge in [0.15, 0.2) is 0 Å². The van der Waals surface area contributed by atoms with Crippen LogP contribution in [0.3, 0.4) is 0 Å². The summed E-state index contributed by atoms with van der Waals surface area (Å²) in [4.78, 5) is 0. The molecule has 1 aromatic carbocycles. The number of hydrogen-bond acceptors (Lipinski definition) is 1. The lowest BCUT2D eigenvalue weighted by Crippen LogP contribution is -2.26. The maximum absolute atomic E-state index is 10.2. The molecule has 17 heavy (non-hydrogen) atoms. The Labute approximate surface area is 106 Å². The molecule has 1 aromatic rings. The lowest BCUT2D eigenvalue weighted by Gasteiger charge is -2.25. The van der Waals surface area contributed by atoms with Crippen LogP contribution < -0.4 is 0 Å². The minimum absolute atomic E-state index is 0.434. The highest BCUT2D eigenvalue weighted by atomic mass is 16.3. The van der Waals surface area contributed by atoms with Gasteiger partial charge in [0.05, 0.1) is 5.60 Å². The first-order valence-corrected chi connectivity index (χ1v) is 6.88. The molecule has 0 bridgehead atoms. The lowest BCUT2D eigenvalue weighted by atomic mass is 9.88. The molecule has 0 radical (unpaired) electrons. The van der Waals surface area contributed by atoms with E-state index in [2.05, 4.69) is 51.1 Å². The van der Waals surface area contributed by atoms with Crippen molar-refractivity contribution in [1.29, 1.82) is 0 Å². The van der Waals surface area contributed by atoms with Crippen molar-refractivity contribution in [2.45, 2.75) is 64.4 Å². The van der Waals surface area contributed by atoms with Crippen LogP contribution in [0.5, 0.6) is 0 Å². The third-order valence-corrected chi connectivity index (χ3v) is 3.96. The number of aliphatic hydroxyl groups is 1. The van der Waals surface area contributed by atoms with E-state index in [-0.39, 0.29) is 0 Å². The average molecular weight is 234 g/mol. The Hall–Kier alpha value is -0.820. The van der Waals surface area contributed by atoms with Crippen molar-refractivity contribution in [3.8, 4) is 0 Å². The van der Waals surface area contributed by atoms with Crippen molar-refractivity contribution < 1.29 is 5.11 Å². The van der Waals surface area contributed by atoms with Crippen LogP contribution in [-0.2, 0) is 0 Å². The molecule has 1 N–H and O–H groups in total. The second kappa shape index (κ2) is 6.80. The van der Waals surface area contributed by atoms with Crippen molar-refractivity contribution in [3.05, 3.63) is 35.9 Å². The monoisotopic (exact) mass is 234 g/mol. The molecule has 0 fully saturated rings. The van der Waals surface area contributed by atoms with Crippen molar-refractivity contribution in [1.82, 2.24) is 0 Å². The smallest absolute Gasteiger partial charge is 0.0642 e. The highest BCUT2D eigenvalue weighted by Gasteiger charge is 2.21. The fourth-order valence-electron chi connectivity index (χ4n) is 2.29. The summed E-state index contributed by atoms with van der Waals surface area (Å²) in [5, 5.41) is 10.2. The van der Waals surface area contributed by atoms with Crippen molar-refractivity contribution in [2.24, 2.45) is 0 Å². The van der Waals surface area contributed by atoms with E-state index in [0.717, 1.165) is 32.1 Å². The zero-order valence-electron chi connectivity index (χ0n) is 11.4. The summed E-state index contributed by atoms with van der Waals surface area (Å²) < 4.78 is 0. The first kappa shape index (κ1) is 14.2. The topological polar surface area (TPSA) is 20.2 Å². The fraction of sp³-hybridized carbons (Fsp3) is 0.625. The largest absolute Gasteiger partial charge is 0.390 e. The standard InChI is InChI=1S/C16H26O/c1-4-16(17,5-2)13-9-10-14(3)15-11-7-6-8-12-15/h6-8,11-12,14,17H,4-5,9-10,13H2,1-3H3. The van der Waals surface area contributed by atoms with E-state index in [9.17, 15) is 5.11 Å². The molecule has 0 saturated heterocycles. The number of rotatable bonds is 7. The molecule has 1 unspecified atom stereocenters. The Balaban J connectivity index is 2.37. The number of hydrogen-bond donors (Lipinski definition) is 1. The van der Waals surface area contributed by atoms with Gasteiger partial charge in [-0.1, -0.05) is 51.1 Å². The molecular weight excluding hydrogens is 208 g/mol. The van der Waals surface area contributed by atoms with Gasteiger partial charge in [0.25, 0.3) is 0 Å². The van der Waals surface area contributed by atoms with E-state index in [1.54, 1.807) is 0 Å². The SMILES string of the molecule is CCC(O)(CC)CCCC(C)c1ccccc1. The van der Waals surface area contributed by atoms with Crippen LogP contribution in [-0.4, -0.2) is 10.7 Å². The second-order valence-corrected chi connectivity index (χ2v) is 5.14. The predicted octanol–water partition coefficient (Wildman–Crippen LogP) is 4.51. The van der Waals surface area contributed by atoms with Gasteiger partial charge in [0, 0.05) is 0 Å². The van der Waals surface area contributed by atoms with Gasteiger partial charge in [0.2, 0.25) is 0 Å². The molecule has 1 heteroatoms. The van der Waals surface area contributed by atoms with Crippen molar-refractivity contribution >= 4 is 0 Å². The van der Waals surface area contributed by atoms with Gasteiger partial charge in [-0.05, 0) is 43.6 Å². The highest BCUT2D eigenvalue weighted by molar-refractivity contribution is 5.18. The van der Waals surface area contributed by atoms with E-state index in [1.165, 1.54) is 5.56 Å². The Kier molecular flexibility index (Phi) is 5.70. The van der Waals surface area contributed by atoms with Crippen molar-refractivity contribution in [2.75, 3.05) is 0 Å². The Bertz CT molecular complexity index is 301. The van der Waals surface area contributed by atoms with Gasteiger partial charge < -0.3 is 5.11 Å². The molecular formula is C16H26O. The van der Waals surface area contributed by atoms with Gasteiger partial charge in [-0.3, -0.25) is 0 Å². The van der Waals surface area contributed by atoms with E-state index in [1.807, 2.05) is 0 Å². The molecule has 0 aromatic heterocycles. The summed E-state index contributed by atoms with van der Waals surface area (Å²) in [6.07, 6.45) is 4.92. The van der Waals surface area contributed by atoms with Gasteiger partial charge in [-0.15, -0.1) is 0 Å². The molecule has 96 valence electrons. The predicted molar refractivity (Wildman–Crippen MR) is 74.2 cm³/mol. The summed E-state index contributed by atoms with van der Waals surface area (Å²) in [5.74, 6) is 0.592. The molecule has 1 rings (SSSR count). The third kappa shape index (κ3) is 4.51. The summed E-state index contributed by atoms with van der Waals surface area (Å²) >= 11 is 0. The molecule has 0 heterocycles. The van der Waals surface area contributed by atoms with Gasteiger partial charge in [-0.2, -0.15) is 0 Å². The summed E-state index contributed by atoms with van der Waals surface area (Å²) in [7, 11) is 0. The molecule has 0 aliphatic rings. The van der Waals surface area contributed by atoms with Crippen LogP contribution in [0.4, 0.5) is 0 Å². The minimum atomic E-state index is -0.434. The number of benzene rings is 1. The van der Waals surface area contributed by atoms with E-state index >= 15 is 0 Å². The summed E-state index contributed by atoms with van der Waals surface area (Å²) in [6.45, 7) is 6.42. The first-order valence-electron chi connectivity index (χ1n) is 6.88. The van der Waals surface area contributed by atoms with E-state index in [4.69, 9.17) is 0 Å². The van der Waals surface area contributed by atoms with Crippen LogP contribution >= 0.6 is 0 Å². The average Bonchev–Trinajstić information content (AvgIpc) is 2.39. The third-order valence-electron chi connectivity index (χ3n) is 3.96. The highest BCUT2D eigenvalue weighted by Crippen LogP contribution is 2.26. The Morgan fingerprint density at radius 3 is 2.24 bits per heavy atom. The van der Waals surface area contributed by atoms with Crippen LogP contribution in [0.15, 0.2) is 30.3 Å². The zero-order chi connectivity index (χ0) is 12.7. The molecule has 1 nitrogen and oxygen atoms in total. The van der Waals surface area contributed by atoms with Crippen molar-refractivity contribution in [3.63, 3.8) is 0 Å². The van der Waals surface area contributed by atoms with Crippen LogP contribution in [0, 0.1) is 0 Å². The first-order chi connectivity index (χ1) is 8.11. The molecule has 0 amide bonds. The summed E-state index contributed by atoms with van der Waals surface area (Å²) in [5.41, 5.74) is 0.972. The van der Waals surface area contributed by atoms with Gasteiger partial charge in [0.1, 0.15) is 0 Å². The van der Waals surface area contributed by atoms with Crippen LogP contribution in [0.2, 0.25) is 0 Å². The molecule has 1 atom stereocenters. The molecule has 0 saturated carbocycles. The second-order valence-electron chi connectivity index (χ2n) is 5.14. The zero-order valence-corrected chi connectivity index (χ0v) is 11.4. The maximum Gasteiger partial charge on any atom is 0.0642 e. The van der Waals surface area contributed by atoms with Crippen LogP contribution in [0.1, 0.15) is 64.4 Å². The Morgan fingerprint density at radius 1 is 1.12 bits per heavy atom.